The second kappa shape index (κ2) is 9.58. The van der Waals surface area contributed by atoms with Gasteiger partial charge in [-0.15, -0.1) is 5.10 Å². The zero-order valence-electron chi connectivity index (χ0n) is 21.7. The van der Waals surface area contributed by atoms with E-state index in [9.17, 15) is 17.2 Å². The summed E-state index contributed by atoms with van der Waals surface area (Å²) in [6, 6.07) is 7.30. The molecule has 3 aliphatic rings. The van der Waals surface area contributed by atoms with Crippen molar-refractivity contribution in [3.8, 4) is 11.3 Å². The van der Waals surface area contributed by atoms with Crippen LogP contribution in [0.4, 0.5) is 14.7 Å². The molecule has 1 fully saturated rings. The number of fused-ring (bicyclic) bond motifs is 1. The van der Waals surface area contributed by atoms with Crippen molar-refractivity contribution in [3.05, 3.63) is 65.1 Å². The quantitative estimate of drug-likeness (QED) is 0.469. The van der Waals surface area contributed by atoms with Crippen molar-refractivity contribution in [1.29, 1.82) is 0 Å². The van der Waals surface area contributed by atoms with E-state index in [1.165, 1.54) is 18.2 Å². The molecule has 3 aromatic rings. The second-order valence-electron chi connectivity index (χ2n) is 10.9. The van der Waals surface area contributed by atoms with Crippen molar-refractivity contribution >= 4 is 21.6 Å². The smallest absolute Gasteiger partial charge is 0.246 e. The number of benzene rings is 1. The van der Waals surface area contributed by atoms with E-state index in [-0.39, 0.29) is 41.3 Å². The Morgan fingerprint density at radius 2 is 1.90 bits per heavy atom. The molecule has 0 spiro atoms. The normalized spacial score (nSPS) is 22.8. The number of rotatable bonds is 7. The van der Waals surface area contributed by atoms with Gasteiger partial charge in [-0.2, -0.15) is 5.10 Å². The van der Waals surface area contributed by atoms with Gasteiger partial charge in [0.15, 0.2) is 9.84 Å². The van der Waals surface area contributed by atoms with Gasteiger partial charge in [0, 0.05) is 6.20 Å². The molecule has 1 N–H and O–H groups in total. The van der Waals surface area contributed by atoms with Crippen molar-refractivity contribution < 1.29 is 17.2 Å². The molecular formula is C27H29F2N7O2S. The van der Waals surface area contributed by atoms with Crippen LogP contribution in [0.15, 0.2) is 41.5 Å². The average Bonchev–Trinajstić information content (AvgIpc) is 3.59. The van der Waals surface area contributed by atoms with Crippen LogP contribution < -0.4 is 10.4 Å². The molecule has 2 aromatic heterocycles. The van der Waals surface area contributed by atoms with Crippen molar-refractivity contribution in [2.24, 2.45) is 10.9 Å². The highest BCUT2D eigenvalue weighted by molar-refractivity contribution is 7.92. The molecule has 9 nitrogen and oxygen atoms in total. The summed E-state index contributed by atoms with van der Waals surface area (Å²) >= 11 is 0. The molecule has 0 saturated heterocycles. The summed E-state index contributed by atoms with van der Waals surface area (Å²) in [6.45, 7) is 4.29. The molecule has 0 bridgehead atoms. The van der Waals surface area contributed by atoms with Crippen LogP contribution in [0.25, 0.3) is 11.3 Å². The molecule has 2 atom stereocenters. The number of hydrogen-bond acceptors (Lipinski definition) is 9. The summed E-state index contributed by atoms with van der Waals surface area (Å²) in [4.78, 5) is 13.6. The molecule has 204 valence electrons. The Morgan fingerprint density at radius 3 is 2.64 bits per heavy atom. The van der Waals surface area contributed by atoms with E-state index in [1.54, 1.807) is 17.3 Å². The third-order valence-corrected chi connectivity index (χ3v) is 9.53. The van der Waals surface area contributed by atoms with Crippen LogP contribution in [0, 0.1) is 17.6 Å². The van der Waals surface area contributed by atoms with E-state index in [0.29, 0.717) is 17.5 Å². The fraction of sp³-hybridized carbons (Fsp3) is 0.444. The molecule has 3 heterocycles. The fourth-order valence-corrected chi connectivity index (χ4v) is 7.12. The SMILES string of the molecule is C[C@H]1CC[C@](C)(c2ccnc(N3CN=C(CS(=O)(=O)CC4CC4)N3)n2)c2nnc(-c3c(F)cccc3F)cc21. The summed E-state index contributed by atoms with van der Waals surface area (Å²) in [5, 5.41) is 10.4. The number of anilines is 1. The van der Waals surface area contributed by atoms with Gasteiger partial charge in [-0.25, -0.2) is 37.2 Å². The number of aliphatic imine (C=N–C) groups is 1. The lowest BCUT2D eigenvalue weighted by Crippen LogP contribution is -2.41. The maximum absolute atomic E-state index is 14.5. The topological polar surface area (TPSA) is 113 Å². The molecule has 1 aliphatic heterocycles. The van der Waals surface area contributed by atoms with Crippen LogP contribution >= 0.6 is 0 Å². The van der Waals surface area contributed by atoms with Gasteiger partial charge in [-0.3, -0.25) is 5.43 Å². The minimum Gasteiger partial charge on any atom is -0.280 e. The van der Waals surface area contributed by atoms with Gasteiger partial charge >= 0.3 is 0 Å². The standard InChI is InChI=1S/C27H29F2N7O2S/c1-16-8-10-27(2,25-18(16)12-21(33-34-25)24-19(28)4-3-5-20(24)29)22-9-11-30-26(32-22)36-15-31-23(35-36)14-39(37,38)13-17-6-7-17/h3-5,9,11-12,16-17H,6-8,10,13-15H2,1-2H3,(H,31,35)/t16-,27+/m0/s1. The van der Waals surface area contributed by atoms with Crippen LogP contribution in [-0.2, 0) is 15.3 Å². The lowest BCUT2D eigenvalue weighted by atomic mass is 9.69. The molecule has 0 unspecified atom stereocenters. The summed E-state index contributed by atoms with van der Waals surface area (Å²) in [5.74, 6) is -0.165. The van der Waals surface area contributed by atoms with Crippen LogP contribution in [-0.4, -0.2) is 52.6 Å². The lowest BCUT2D eigenvalue weighted by molar-refractivity contribution is 0.404. The number of nitrogens with one attached hydrogen (secondary N) is 1. The zero-order chi connectivity index (χ0) is 27.4. The first kappa shape index (κ1) is 25.7. The molecule has 0 radical (unpaired) electrons. The number of hydrogen-bond donors (Lipinski definition) is 1. The van der Waals surface area contributed by atoms with E-state index in [0.717, 1.165) is 36.9 Å². The summed E-state index contributed by atoms with van der Waals surface area (Å²) in [7, 11) is -3.23. The number of halogens is 2. The Hall–Kier alpha value is -3.54. The molecule has 0 amide bonds. The van der Waals surface area contributed by atoms with Crippen molar-refractivity contribution in [2.75, 3.05) is 23.2 Å². The molecule has 12 heteroatoms. The van der Waals surface area contributed by atoms with Gasteiger partial charge in [-0.05, 0) is 74.3 Å². The first-order valence-electron chi connectivity index (χ1n) is 13.1. The highest BCUT2D eigenvalue weighted by atomic mass is 32.2. The molecular weight excluding hydrogens is 524 g/mol. The Morgan fingerprint density at radius 1 is 1.13 bits per heavy atom. The van der Waals surface area contributed by atoms with Gasteiger partial charge in [-0.1, -0.05) is 13.0 Å². The van der Waals surface area contributed by atoms with Crippen LogP contribution in [0.3, 0.4) is 0 Å². The van der Waals surface area contributed by atoms with Crippen LogP contribution in [0.2, 0.25) is 0 Å². The zero-order valence-corrected chi connectivity index (χ0v) is 22.5. The third kappa shape index (κ3) is 4.97. The van der Waals surface area contributed by atoms with E-state index in [2.05, 4.69) is 32.5 Å². The summed E-state index contributed by atoms with van der Waals surface area (Å²) in [5.41, 5.74) is 4.71. The summed E-state index contributed by atoms with van der Waals surface area (Å²) < 4.78 is 53.9. The minimum absolute atomic E-state index is 0.118. The Labute approximate surface area is 225 Å². The van der Waals surface area contributed by atoms with Crippen molar-refractivity contribution in [1.82, 2.24) is 25.6 Å². The largest absolute Gasteiger partial charge is 0.280 e. The average molecular weight is 554 g/mol. The first-order valence-corrected chi connectivity index (χ1v) is 14.9. The molecule has 39 heavy (non-hydrogen) atoms. The minimum atomic E-state index is -3.23. The number of nitrogens with zero attached hydrogens (tertiary/aromatic N) is 6. The number of aromatic nitrogens is 4. The van der Waals surface area contributed by atoms with E-state index >= 15 is 0 Å². The predicted molar refractivity (Wildman–Crippen MR) is 143 cm³/mol. The van der Waals surface area contributed by atoms with Gasteiger partial charge in [0.1, 0.15) is 29.9 Å². The highest BCUT2D eigenvalue weighted by Crippen LogP contribution is 2.46. The van der Waals surface area contributed by atoms with Crippen LogP contribution in [0.1, 0.15) is 62.4 Å². The monoisotopic (exact) mass is 553 g/mol. The maximum atomic E-state index is 14.5. The van der Waals surface area contributed by atoms with E-state index in [1.807, 2.05) is 13.0 Å². The van der Waals surface area contributed by atoms with Crippen LogP contribution in [0.5, 0.6) is 0 Å². The molecule has 2 aliphatic carbocycles. The Bertz CT molecular complexity index is 1560. The summed E-state index contributed by atoms with van der Waals surface area (Å²) in [6.07, 6.45) is 5.16. The predicted octanol–water partition coefficient (Wildman–Crippen LogP) is 3.92. The van der Waals surface area contributed by atoms with Gasteiger partial charge < -0.3 is 0 Å². The second-order valence-corrected chi connectivity index (χ2v) is 13.0. The third-order valence-electron chi connectivity index (χ3n) is 7.83. The number of sulfone groups is 1. The van der Waals surface area contributed by atoms with Crippen molar-refractivity contribution in [3.63, 3.8) is 0 Å². The Kier molecular flexibility index (Phi) is 6.32. The Balaban J connectivity index is 1.27. The first-order chi connectivity index (χ1) is 18.6. The maximum Gasteiger partial charge on any atom is 0.246 e. The molecule has 6 rings (SSSR count). The number of amidine groups is 1. The van der Waals surface area contributed by atoms with Crippen molar-refractivity contribution in [2.45, 2.75) is 50.9 Å². The fourth-order valence-electron chi connectivity index (χ4n) is 5.37. The van der Waals surface area contributed by atoms with E-state index in [4.69, 9.17) is 4.98 Å². The number of hydrazine groups is 1. The van der Waals surface area contributed by atoms with Gasteiger partial charge in [0.2, 0.25) is 5.95 Å². The van der Waals surface area contributed by atoms with Gasteiger partial charge in [0.25, 0.3) is 0 Å². The van der Waals surface area contributed by atoms with E-state index < -0.39 is 26.9 Å². The highest BCUT2D eigenvalue weighted by Gasteiger charge is 2.40. The van der Waals surface area contributed by atoms with Gasteiger partial charge in [0.05, 0.1) is 33.8 Å². The molecule has 1 aromatic carbocycles. The molecule has 1 saturated carbocycles. The lowest BCUT2D eigenvalue weighted by Gasteiger charge is -2.37.